The number of fused-ring (bicyclic) bond motifs is 1. The van der Waals surface area contributed by atoms with Gasteiger partial charge in [-0.1, -0.05) is 24.3 Å². The first-order chi connectivity index (χ1) is 15.6. The third kappa shape index (κ3) is 3.76. The van der Waals surface area contributed by atoms with Crippen LogP contribution in [0.15, 0.2) is 76.5 Å². The Balaban J connectivity index is 1.96. The zero-order valence-electron chi connectivity index (χ0n) is 17.9. The highest BCUT2D eigenvalue weighted by molar-refractivity contribution is 6.02. The lowest BCUT2D eigenvalue weighted by molar-refractivity contribution is 0.404. The molecule has 0 saturated carbocycles. The molecule has 0 fully saturated rings. The fourth-order valence-electron chi connectivity index (χ4n) is 3.51. The molecule has 0 atom stereocenters. The van der Waals surface area contributed by atoms with Crippen molar-refractivity contribution in [3.8, 4) is 28.8 Å². The van der Waals surface area contributed by atoms with Gasteiger partial charge in [0, 0.05) is 29.1 Å². The SMILES string of the molecule is COc1cccc(-n2c(O)c(C=Nc3cc(OC)ccc3OC)c3ccccc3c2=O)c1. The molecule has 0 aliphatic heterocycles. The average Bonchev–Trinajstić information content (AvgIpc) is 2.84. The zero-order valence-corrected chi connectivity index (χ0v) is 17.9. The summed E-state index contributed by atoms with van der Waals surface area (Å²) < 4.78 is 17.2. The molecule has 1 heterocycles. The molecule has 0 aliphatic carbocycles. The van der Waals surface area contributed by atoms with Gasteiger partial charge in [0.1, 0.15) is 22.9 Å². The first-order valence-corrected chi connectivity index (χ1v) is 9.84. The summed E-state index contributed by atoms with van der Waals surface area (Å²) in [5, 5.41) is 12.2. The number of hydrogen-bond donors (Lipinski definition) is 1. The Labute approximate surface area is 184 Å². The Morgan fingerprint density at radius 1 is 0.844 bits per heavy atom. The quantitative estimate of drug-likeness (QED) is 0.456. The number of hydrogen-bond acceptors (Lipinski definition) is 6. The van der Waals surface area contributed by atoms with Crippen molar-refractivity contribution >= 4 is 22.7 Å². The second kappa shape index (κ2) is 8.85. The number of aliphatic imine (C=N–C) groups is 1. The largest absolute Gasteiger partial charge is 0.497 e. The highest BCUT2D eigenvalue weighted by Gasteiger charge is 2.17. The molecular weight excluding hydrogens is 408 g/mol. The van der Waals surface area contributed by atoms with E-state index in [4.69, 9.17) is 14.2 Å². The summed E-state index contributed by atoms with van der Waals surface area (Å²) in [6, 6.07) is 19.3. The lowest BCUT2D eigenvalue weighted by atomic mass is 10.1. The predicted octanol–water partition coefficient (Wildman–Crippen LogP) is 4.47. The van der Waals surface area contributed by atoms with Crippen LogP contribution in [-0.2, 0) is 0 Å². The maximum Gasteiger partial charge on any atom is 0.265 e. The molecule has 32 heavy (non-hydrogen) atoms. The van der Waals surface area contributed by atoms with Crippen LogP contribution in [0.25, 0.3) is 16.5 Å². The third-order valence-corrected chi connectivity index (χ3v) is 5.13. The summed E-state index contributed by atoms with van der Waals surface area (Å²) in [5.41, 5.74) is 1.05. The van der Waals surface area contributed by atoms with Crippen molar-refractivity contribution < 1.29 is 19.3 Å². The number of pyridine rings is 1. The molecule has 0 spiro atoms. The second-order valence-corrected chi connectivity index (χ2v) is 6.92. The molecule has 4 aromatic rings. The number of methoxy groups -OCH3 is 3. The van der Waals surface area contributed by atoms with Gasteiger partial charge in [0.25, 0.3) is 5.56 Å². The topological polar surface area (TPSA) is 82.3 Å². The van der Waals surface area contributed by atoms with Crippen LogP contribution in [0, 0.1) is 0 Å². The molecule has 162 valence electrons. The van der Waals surface area contributed by atoms with Gasteiger partial charge in [-0.25, -0.2) is 4.57 Å². The van der Waals surface area contributed by atoms with Gasteiger partial charge in [-0.15, -0.1) is 0 Å². The van der Waals surface area contributed by atoms with Crippen molar-refractivity contribution in [3.05, 3.63) is 82.6 Å². The summed E-state index contributed by atoms with van der Waals surface area (Å²) >= 11 is 0. The van der Waals surface area contributed by atoms with E-state index < -0.39 is 0 Å². The maximum absolute atomic E-state index is 13.2. The van der Waals surface area contributed by atoms with Gasteiger partial charge >= 0.3 is 0 Å². The Bertz CT molecular complexity index is 1370. The fraction of sp³-hybridized carbons (Fsp3) is 0.120. The van der Waals surface area contributed by atoms with Gasteiger partial charge < -0.3 is 19.3 Å². The predicted molar refractivity (Wildman–Crippen MR) is 125 cm³/mol. The van der Waals surface area contributed by atoms with E-state index in [1.807, 2.05) is 0 Å². The van der Waals surface area contributed by atoms with Crippen molar-refractivity contribution in [1.82, 2.24) is 4.57 Å². The summed E-state index contributed by atoms with van der Waals surface area (Å²) in [6.07, 6.45) is 1.52. The number of rotatable bonds is 6. The lowest BCUT2D eigenvalue weighted by Crippen LogP contribution is -2.20. The van der Waals surface area contributed by atoms with Crippen LogP contribution in [0.3, 0.4) is 0 Å². The standard InChI is InChI=1S/C25H22N2O5/c1-30-17-8-6-7-16(13-17)27-24(28)20-10-5-4-9-19(20)21(25(27)29)15-26-22-14-18(31-2)11-12-23(22)32-3/h4-15,29H,1-3H3. The Hall–Kier alpha value is -4.26. The molecule has 0 radical (unpaired) electrons. The van der Waals surface area contributed by atoms with Crippen LogP contribution in [0.2, 0.25) is 0 Å². The Morgan fingerprint density at radius 3 is 2.28 bits per heavy atom. The van der Waals surface area contributed by atoms with Crippen molar-refractivity contribution in [2.45, 2.75) is 0 Å². The number of nitrogens with zero attached hydrogens (tertiary/aromatic N) is 2. The second-order valence-electron chi connectivity index (χ2n) is 6.92. The van der Waals surface area contributed by atoms with E-state index in [0.29, 0.717) is 45.0 Å². The normalized spacial score (nSPS) is 11.1. The number of aromatic nitrogens is 1. The van der Waals surface area contributed by atoms with E-state index in [0.717, 1.165) is 0 Å². The van der Waals surface area contributed by atoms with Crippen LogP contribution in [0.5, 0.6) is 23.1 Å². The van der Waals surface area contributed by atoms with Gasteiger partial charge in [-0.2, -0.15) is 0 Å². The van der Waals surface area contributed by atoms with E-state index in [2.05, 4.69) is 4.99 Å². The molecule has 0 bridgehead atoms. The minimum absolute atomic E-state index is 0.229. The van der Waals surface area contributed by atoms with E-state index in [9.17, 15) is 9.90 Å². The van der Waals surface area contributed by atoms with Crippen LogP contribution in [0.4, 0.5) is 5.69 Å². The molecule has 0 amide bonds. The molecule has 4 rings (SSSR count). The summed E-state index contributed by atoms with van der Waals surface area (Å²) in [6.45, 7) is 0. The highest BCUT2D eigenvalue weighted by atomic mass is 16.5. The molecule has 0 saturated heterocycles. The smallest absolute Gasteiger partial charge is 0.265 e. The van der Waals surface area contributed by atoms with Crippen molar-refractivity contribution in [3.63, 3.8) is 0 Å². The molecule has 3 aromatic carbocycles. The summed E-state index contributed by atoms with van der Waals surface area (Å²) in [7, 11) is 4.66. The molecule has 1 N–H and O–H groups in total. The van der Waals surface area contributed by atoms with Crippen LogP contribution in [-0.4, -0.2) is 37.2 Å². The Kier molecular flexibility index (Phi) is 5.81. The summed E-state index contributed by atoms with van der Waals surface area (Å²) in [5.74, 6) is 1.51. The van der Waals surface area contributed by atoms with Crippen molar-refractivity contribution in [2.75, 3.05) is 21.3 Å². The molecular formula is C25H22N2O5. The number of benzene rings is 3. The van der Waals surface area contributed by atoms with Crippen molar-refractivity contribution in [1.29, 1.82) is 0 Å². The fourth-order valence-corrected chi connectivity index (χ4v) is 3.51. The van der Waals surface area contributed by atoms with E-state index in [1.54, 1.807) is 88.1 Å². The molecule has 1 aromatic heterocycles. The van der Waals surface area contributed by atoms with Gasteiger partial charge in [-0.3, -0.25) is 9.79 Å². The van der Waals surface area contributed by atoms with Gasteiger partial charge in [0.2, 0.25) is 5.88 Å². The van der Waals surface area contributed by atoms with Crippen molar-refractivity contribution in [2.24, 2.45) is 4.99 Å². The zero-order chi connectivity index (χ0) is 22.7. The maximum atomic E-state index is 13.2. The molecule has 0 unspecified atom stereocenters. The third-order valence-electron chi connectivity index (χ3n) is 5.13. The monoisotopic (exact) mass is 430 g/mol. The average molecular weight is 430 g/mol. The van der Waals surface area contributed by atoms with E-state index >= 15 is 0 Å². The van der Waals surface area contributed by atoms with Crippen LogP contribution in [0.1, 0.15) is 5.56 Å². The minimum atomic E-state index is -0.345. The first-order valence-electron chi connectivity index (χ1n) is 9.84. The van der Waals surface area contributed by atoms with Gasteiger partial charge in [0.15, 0.2) is 0 Å². The first kappa shape index (κ1) is 21.0. The Morgan fingerprint density at radius 2 is 1.56 bits per heavy atom. The highest BCUT2D eigenvalue weighted by Crippen LogP contribution is 2.33. The van der Waals surface area contributed by atoms with E-state index in [1.165, 1.54) is 10.8 Å². The number of ether oxygens (including phenoxy) is 3. The van der Waals surface area contributed by atoms with Crippen LogP contribution >= 0.6 is 0 Å². The van der Waals surface area contributed by atoms with E-state index in [-0.39, 0.29) is 11.4 Å². The van der Waals surface area contributed by atoms with Crippen LogP contribution < -0.4 is 19.8 Å². The molecule has 7 nitrogen and oxygen atoms in total. The number of aromatic hydroxyl groups is 1. The molecule has 7 heteroatoms. The lowest BCUT2D eigenvalue weighted by Gasteiger charge is -2.14. The minimum Gasteiger partial charge on any atom is -0.497 e. The van der Waals surface area contributed by atoms with Gasteiger partial charge in [-0.05, 0) is 30.3 Å². The van der Waals surface area contributed by atoms with Gasteiger partial charge in [0.05, 0.1) is 32.6 Å². The summed E-state index contributed by atoms with van der Waals surface area (Å²) in [4.78, 5) is 17.8. The molecule has 0 aliphatic rings.